The van der Waals surface area contributed by atoms with Crippen LogP contribution in [0.3, 0.4) is 0 Å². The molecule has 0 atom stereocenters. The van der Waals surface area contributed by atoms with Crippen molar-refractivity contribution in [3.05, 3.63) is 58.5 Å². The first-order chi connectivity index (χ1) is 13.3. The molecule has 3 aromatic heterocycles. The average Bonchev–Trinajstić information content (AvgIpc) is 3.25. The summed E-state index contributed by atoms with van der Waals surface area (Å²) in [6, 6.07) is 9.82. The fourth-order valence-electron chi connectivity index (χ4n) is 3.36. The molecule has 0 saturated heterocycles. The van der Waals surface area contributed by atoms with E-state index in [0.29, 0.717) is 5.82 Å². The minimum absolute atomic E-state index is 0.224. The van der Waals surface area contributed by atoms with E-state index in [1.165, 1.54) is 10.4 Å². The fourth-order valence-corrected chi connectivity index (χ4v) is 4.62. The van der Waals surface area contributed by atoms with E-state index in [1.807, 2.05) is 30.3 Å². The van der Waals surface area contributed by atoms with Crippen LogP contribution in [0, 0.1) is 0 Å². The first-order valence-electron chi connectivity index (χ1n) is 8.81. The van der Waals surface area contributed by atoms with E-state index in [9.17, 15) is 0 Å². The highest BCUT2D eigenvalue weighted by atomic mass is 32.1. The normalized spacial score (nSPS) is 15.0. The minimum Gasteiger partial charge on any atom is -0.387 e. The Labute approximate surface area is 159 Å². The fraction of sp³-hybridized carbons (Fsp3) is 0.263. The quantitative estimate of drug-likeness (QED) is 0.403. The van der Waals surface area contributed by atoms with Crippen LogP contribution in [-0.2, 0) is 24.4 Å². The highest BCUT2D eigenvalue weighted by Gasteiger charge is 2.22. The SMILES string of the molecule is CN1CCc2c(sc3ncn4nc(CO/N=C\c5ccccc5)nc4c23)C1. The molecule has 8 heteroatoms. The van der Waals surface area contributed by atoms with Gasteiger partial charge in [0, 0.05) is 18.0 Å². The van der Waals surface area contributed by atoms with Gasteiger partial charge in [0.05, 0.1) is 11.6 Å². The number of benzene rings is 1. The van der Waals surface area contributed by atoms with Crippen LogP contribution in [0.2, 0.25) is 0 Å². The van der Waals surface area contributed by atoms with Gasteiger partial charge >= 0.3 is 0 Å². The Kier molecular flexibility index (Phi) is 4.06. The maximum Gasteiger partial charge on any atom is 0.192 e. The van der Waals surface area contributed by atoms with Gasteiger partial charge in [0.25, 0.3) is 0 Å². The molecule has 4 aromatic rings. The van der Waals surface area contributed by atoms with Crippen LogP contribution < -0.4 is 0 Å². The molecule has 5 rings (SSSR count). The molecule has 0 N–H and O–H groups in total. The largest absolute Gasteiger partial charge is 0.387 e. The smallest absolute Gasteiger partial charge is 0.192 e. The van der Waals surface area contributed by atoms with Gasteiger partial charge in [-0.15, -0.1) is 16.4 Å². The van der Waals surface area contributed by atoms with Crippen molar-refractivity contribution in [2.24, 2.45) is 5.16 Å². The first-order valence-corrected chi connectivity index (χ1v) is 9.63. The molecule has 0 spiro atoms. The summed E-state index contributed by atoms with van der Waals surface area (Å²) in [5.41, 5.74) is 3.21. The van der Waals surface area contributed by atoms with Crippen LogP contribution >= 0.6 is 11.3 Å². The van der Waals surface area contributed by atoms with E-state index >= 15 is 0 Å². The molecule has 0 radical (unpaired) electrons. The maximum absolute atomic E-state index is 5.38. The van der Waals surface area contributed by atoms with E-state index in [1.54, 1.807) is 28.4 Å². The molecule has 27 heavy (non-hydrogen) atoms. The highest BCUT2D eigenvalue weighted by molar-refractivity contribution is 7.19. The Morgan fingerprint density at radius 3 is 3.07 bits per heavy atom. The molecule has 136 valence electrons. The van der Waals surface area contributed by atoms with Crippen LogP contribution in [-0.4, -0.2) is 44.3 Å². The lowest BCUT2D eigenvalue weighted by atomic mass is 10.1. The number of oxime groups is 1. The summed E-state index contributed by atoms with van der Waals surface area (Å²) in [5.74, 6) is 0.599. The molecule has 1 aliphatic rings. The van der Waals surface area contributed by atoms with E-state index in [0.717, 1.165) is 40.9 Å². The van der Waals surface area contributed by atoms with Gasteiger partial charge in [-0.2, -0.15) is 0 Å². The van der Waals surface area contributed by atoms with Crippen LogP contribution in [0.15, 0.2) is 41.8 Å². The number of nitrogens with zero attached hydrogens (tertiary/aromatic N) is 6. The zero-order valence-corrected chi connectivity index (χ0v) is 15.7. The van der Waals surface area contributed by atoms with Crippen molar-refractivity contribution in [2.75, 3.05) is 13.6 Å². The third-order valence-corrected chi connectivity index (χ3v) is 5.81. The first kappa shape index (κ1) is 16.3. The van der Waals surface area contributed by atoms with Crippen molar-refractivity contribution in [3.63, 3.8) is 0 Å². The number of thiophene rings is 1. The molecule has 0 bridgehead atoms. The van der Waals surface area contributed by atoms with Crippen molar-refractivity contribution < 1.29 is 4.84 Å². The molecule has 0 fully saturated rings. The lowest BCUT2D eigenvalue weighted by Gasteiger charge is -2.21. The molecule has 0 unspecified atom stereocenters. The molecule has 0 amide bonds. The number of aromatic nitrogens is 4. The predicted molar refractivity (Wildman–Crippen MR) is 105 cm³/mol. The average molecular weight is 378 g/mol. The summed E-state index contributed by atoms with van der Waals surface area (Å²) in [7, 11) is 2.15. The van der Waals surface area contributed by atoms with Gasteiger partial charge in [-0.3, -0.25) is 0 Å². The topological polar surface area (TPSA) is 67.9 Å². The van der Waals surface area contributed by atoms with Gasteiger partial charge in [-0.25, -0.2) is 14.5 Å². The highest BCUT2D eigenvalue weighted by Crippen LogP contribution is 2.35. The third kappa shape index (κ3) is 3.07. The van der Waals surface area contributed by atoms with Crippen LogP contribution in [0.1, 0.15) is 21.8 Å². The van der Waals surface area contributed by atoms with E-state index in [4.69, 9.17) is 9.82 Å². The second kappa shape index (κ2) is 6.71. The minimum atomic E-state index is 0.224. The van der Waals surface area contributed by atoms with Gasteiger partial charge < -0.3 is 9.74 Å². The van der Waals surface area contributed by atoms with E-state index in [-0.39, 0.29) is 6.61 Å². The van der Waals surface area contributed by atoms with Crippen LogP contribution in [0.25, 0.3) is 15.9 Å². The van der Waals surface area contributed by atoms with Crippen LogP contribution in [0.4, 0.5) is 0 Å². The van der Waals surface area contributed by atoms with Crippen LogP contribution in [0.5, 0.6) is 0 Å². The predicted octanol–water partition coefficient (Wildman–Crippen LogP) is 2.88. The van der Waals surface area contributed by atoms with E-state index in [2.05, 4.69) is 27.2 Å². The van der Waals surface area contributed by atoms with Crippen molar-refractivity contribution >= 4 is 33.4 Å². The molecule has 7 nitrogen and oxygen atoms in total. The molecular weight excluding hydrogens is 360 g/mol. The molecule has 1 aliphatic heterocycles. The summed E-state index contributed by atoms with van der Waals surface area (Å²) in [6.45, 7) is 2.25. The maximum atomic E-state index is 5.38. The van der Waals surface area contributed by atoms with Crippen molar-refractivity contribution in [3.8, 4) is 0 Å². The summed E-state index contributed by atoms with van der Waals surface area (Å²) in [4.78, 5) is 19.4. The van der Waals surface area contributed by atoms with E-state index < -0.39 is 0 Å². The second-order valence-corrected chi connectivity index (χ2v) is 7.71. The zero-order valence-electron chi connectivity index (χ0n) is 14.9. The number of likely N-dealkylation sites (N-methyl/N-ethyl adjacent to an activating group) is 1. The van der Waals surface area contributed by atoms with Gasteiger partial charge in [-0.05, 0) is 24.6 Å². The second-order valence-electron chi connectivity index (χ2n) is 6.63. The van der Waals surface area contributed by atoms with Crippen molar-refractivity contribution in [1.82, 2.24) is 24.5 Å². The van der Waals surface area contributed by atoms with Gasteiger partial charge in [0.2, 0.25) is 0 Å². The molecular formula is C19H18N6OS. The molecule has 0 saturated carbocycles. The number of fused-ring (bicyclic) bond motifs is 5. The summed E-state index contributed by atoms with van der Waals surface area (Å²) < 4.78 is 1.74. The Morgan fingerprint density at radius 1 is 1.30 bits per heavy atom. The molecule has 0 aliphatic carbocycles. The lowest BCUT2D eigenvalue weighted by molar-refractivity contribution is 0.126. The Bertz CT molecular complexity index is 1130. The third-order valence-electron chi connectivity index (χ3n) is 4.68. The zero-order chi connectivity index (χ0) is 18.2. The van der Waals surface area contributed by atoms with Gasteiger partial charge in [-0.1, -0.05) is 35.5 Å². The Hall–Kier alpha value is -2.84. The van der Waals surface area contributed by atoms with Gasteiger partial charge in [0.15, 0.2) is 18.1 Å². The molecule has 1 aromatic carbocycles. The Balaban J connectivity index is 1.42. The van der Waals surface area contributed by atoms with Crippen molar-refractivity contribution in [1.29, 1.82) is 0 Å². The number of hydrogen-bond donors (Lipinski definition) is 0. The Morgan fingerprint density at radius 2 is 2.19 bits per heavy atom. The lowest BCUT2D eigenvalue weighted by Crippen LogP contribution is -2.25. The standard InChI is InChI=1S/C19H18N6OS/c1-24-8-7-14-15(10-24)27-19-17(14)18-22-16(23-25(18)12-20-19)11-26-21-9-13-5-3-2-4-6-13/h2-6,9,12H,7-8,10-11H2,1H3/b21-9-. The number of rotatable bonds is 4. The summed E-state index contributed by atoms with van der Waals surface area (Å²) in [6.07, 6.45) is 4.43. The van der Waals surface area contributed by atoms with Gasteiger partial charge in [0.1, 0.15) is 11.2 Å². The molecule has 4 heterocycles. The van der Waals surface area contributed by atoms with Crippen molar-refractivity contribution in [2.45, 2.75) is 19.6 Å². The summed E-state index contributed by atoms with van der Waals surface area (Å²) >= 11 is 1.76. The monoisotopic (exact) mass is 378 g/mol. The number of hydrogen-bond acceptors (Lipinski definition) is 7. The summed E-state index contributed by atoms with van der Waals surface area (Å²) in [5, 5.41) is 9.63.